The van der Waals surface area contributed by atoms with Gasteiger partial charge in [0.15, 0.2) is 0 Å². The fourth-order valence-electron chi connectivity index (χ4n) is 2.24. The Morgan fingerprint density at radius 2 is 1.73 bits per heavy atom. The molecule has 0 bridgehead atoms. The zero-order valence-electron chi connectivity index (χ0n) is 11.0. The Morgan fingerprint density at radius 1 is 0.955 bits per heavy atom. The number of rotatable bonds is 1. The molecule has 0 unspecified atom stereocenters. The van der Waals surface area contributed by atoms with Crippen molar-refractivity contribution in [3.8, 4) is 11.3 Å². The Labute approximate surface area is 128 Å². The molecule has 3 aromatic rings. The number of hydrogen-bond acceptors (Lipinski definition) is 1. The summed E-state index contributed by atoms with van der Waals surface area (Å²) >= 11 is 6.02. The van der Waals surface area contributed by atoms with Gasteiger partial charge in [0.1, 0.15) is 5.82 Å². The van der Waals surface area contributed by atoms with Gasteiger partial charge in [-0.15, -0.1) is 0 Å². The Balaban J connectivity index is 2.27. The molecule has 0 atom stereocenters. The van der Waals surface area contributed by atoms with Crippen LogP contribution in [0.3, 0.4) is 0 Å². The van der Waals surface area contributed by atoms with E-state index in [9.17, 15) is 17.6 Å². The number of para-hydroxylation sites is 1. The highest BCUT2D eigenvalue weighted by molar-refractivity contribution is 6.35. The Bertz CT molecular complexity index is 858. The molecule has 0 spiro atoms. The normalized spacial score (nSPS) is 11.9. The van der Waals surface area contributed by atoms with Crippen molar-refractivity contribution in [3.05, 3.63) is 64.9 Å². The van der Waals surface area contributed by atoms with Crippen LogP contribution in [0.25, 0.3) is 22.2 Å². The largest absolute Gasteiger partial charge is 0.417 e. The van der Waals surface area contributed by atoms with Crippen molar-refractivity contribution in [1.29, 1.82) is 0 Å². The zero-order valence-corrected chi connectivity index (χ0v) is 11.7. The summed E-state index contributed by atoms with van der Waals surface area (Å²) in [5.74, 6) is -0.760. The molecule has 1 aromatic heterocycles. The van der Waals surface area contributed by atoms with Crippen molar-refractivity contribution < 1.29 is 17.6 Å². The molecule has 0 N–H and O–H groups in total. The molecule has 0 aliphatic heterocycles. The van der Waals surface area contributed by atoms with E-state index in [0.29, 0.717) is 22.0 Å². The minimum atomic E-state index is -4.60. The van der Waals surface area contributed by atoms with Gasteiger partial charge in [0.25, 0.3) is 0 Å². The molecule has 2 aromatic carbocycles. The molecule has 1 nitrogen and oxygen atoms in total. The van der Waals surface area contributed by atoms with E-state index < -0.39 is 17.6 Å². The van der Waals surface area contributed by atoms with Gasteiger partial charge in [-0.25, -0.2) is 9.37 Å². The lowest BCUT2D eigenvalue weighted by Crippen LogP contribution is -2.08. The predicted octanol–water partition coefficient (Wildman–Crippen LogP) is 5.71. The Morgan fingerprint density at radius 3 is 2.45 bits per heavy atom. The molecule has 0 saturated carbocycles. The molecular formula is C16H8ClF4N. The summed E-state index contributed by atoms with van der Waals surface area (Å²) in [5, 5.41) is 1.02. The molecule has 0 aliphatic rings. The molecule has 1 heterocycles. The van der Waals surface area contributed by atoms with E-state index in [2.05, 4.69) is 4.98 Å². The quantitative estimate of drug-likeness (QED) is 0.522. The van der Waals surface area contributed by atoms with Crippen molar-refractivity contribution in [3.63, 3.8) is 0 Å². The van der Waals surface area contributed by atoms with E-state index in [1.807, 2.05) is 0 Å². The smallest absolute Gasteiger partial charge is 0.246 e. The first kappa shape index (κ1) is 14.8. The van der Waals surface area contributed by atoms with Crippen LogP contribution in [0.15, 0.2) is 48.5 Å². The second-order valence-electron chi connectivity index (χ2n) is 4.70. The van der Waals surface area contributed by atoms with Gasteiger partial charge in [-0.3, -0.25) is 0 Å². The van der Waals surface area contributed by atoms with Crippen LogP contribution in [-0.4, -0.2) is 4.98 Å². The summed E-state index contributed by atoms with van der Waals surface area (Å²) in [4.78, 5) is 4.16. The average molecular weight is 326 g/mol. The molecule has 3 rings (SSSR count). The third kappa shape index (κ3) is 2.64. The number of benzene rings is 2. The zero-order chi connectivity index (χ0) is 15.9. The van der Waals surface area contributed by atoms with Crippen molar-refractivity contribution in [2.24, 2.45) is 0 Å². The van der Waals surface area contributed by atoms with Gasteiger partial charge in [0.2, 0.25) is 0 Å². The van der Waals surface area contributed by atoms with Crippen LogP contribution in [0, 0.1) is 5.82 Å². The SMILES string of the molecule is Fc1ccc(C(F)(F)F)c(-c2ccc3cccc(Cl)c3n2)c1. The standard InChI is InChI=1S/C16H8ClF4N/c17-13-3-1-2-9-4-7-14(22-15(9)13)11-8-10(18)5-6-12(11)16(19,20)21/h1-8H. The van der Waals surface area contributed by atoms with E-state index in [1.165, 1.54) is 6.07 Å². The third-order valence-electron chi connectivity index (χ3n) is 3.23. The van der Waals surface area contributed by atoms with Gasteiger partial charge in [-0.05, 0) is 30.3 Å². The number of hydrogen-bond donors (Lipinski definition) is 0. The Kier molecular flexibility index (Phi) is 3.53. The lowest BCUT2D eigenvalue weighted by Gasteiger charge is -2.13. The van der Waals surface area contributed by atoms with E-state index in [1.54, 1.807) is 24.3 Å². The third-order valence-corrected chi connectivity index (χ3v) is 3.54. The maximum absolute atomic E-state index is 13.4. The van der Waals surface area contributed by atoms with Crippen LogP contribution in [-0.2, 0) is 6.18 Å². The van der Waals surface area contributed by atoms with Gasteiger partial charge in [-0.2, -0.15) is 13.2 Å². The summed E-state index contributed by atoms with van der Waals surface area (Å²) in [6.07, 6.45) is -4.60. The molecular weight excluding hydrogens is 318 g/mol. The monoisotopic (exact) mass is 325 g/mol. The van der Waals surface area contributed by atoms with E-state index in [-0.39, 0.29) is 11.3 Å². The van der Waals surface area contributed by atoms with Crippen LogP contribution < -0.4 is 0 Å². The maximum atomic E-state index is 13.4. The first-order chi connectivity index (χ1) is 10.4. The molecule has 0 amide bonds. The number of alkyl halides is 3. The van der Waals surface area contributed by atoms with Crippen LogP contribution in [0.2, 0.25) is 5.02 Å². The summed E-state index contributed by atoms with van der Waals surface area (Å²) in [7, 11) is 0. The molecule has 0 radical (unpaired) electrons. The lowest BCUT2D eigenvalue weighted by molar-refractivity contribution is -0.137. The molecule has 0 saturated heterocycles. The number of fused-ring (bicyclic) bond motifs is 1. The van der Waals surface area contributed by atoms with Crippen molar-refractivity contribution in [2.75, 3.05) is 0 Å². The average Bonchev–Trinajstić information content (AvgIpc) is 2.46. The highest BCUT2D eigenvalue weighted by atomic mass is 35.5. The van der Waals surface area contributed by atoms with Gasteiger partial charge in [0, 0.05) is 10.9 Å². The summed E-state index contributed by atoms with van der Waals surface area (Å²) in [6, 6.07) is 10.4. The molecule has 22 heavy (non-hydrogen) atoms. The van der Waals surface area contributed by atoms with Gasteiger partial charge in [0.05, 0.1) is 21.8 Å². The van der Waals surface area contributed by atoms with Crippen molar-refractivity contribution >= 4 is 22.5 Å². The molecule has 6 heteroatoms. The second-order valence-corrected chi connectivity index (χ2v) is 5.10. The minimum absolute atomic E-state index is 0.0208. The maximum Gasteiger partial charge on any atom is 0.417 e. The number of aromatic nitrogens is 1. The van der Waals surface area contributed by atoms with Crippen molar-refractivity contribution in [1.82, 2.24) is 4.98 Å². The Hall–Kier alpha value is -2.14. The summed E-state index contributed by atoms with van der Waals surface area (Å²) in [6.45, 7) is 0. The number of nitrogens with zero attached hydrogens (tertiary/aromatic N) is 1. The predicted molar refractivity (Wildman–Crippen MR) is 77.1 cm³/mol. The van der Waals surface area contributed by atoms with Crippen molar-refractivity contribution in [2.45, 2.75) is 6.18 Å². The highest BCUT2D eigenvalue weighted by Crippen LogP contribution is 2.37. The van der Waals surface area contributed by atoms with Gasteiger partial charge < -0.3 is 0 Å². The van der Waals surface area contributed by atoms with Gasteiger partial charge >= 0.3 is 6.18 Å². The summed E-state index contributed by atoms with van der Waals surface area (Å²) < 4.78 is 52.6. The minimum Gasteiger partial charge on any atom is -0.246 e. The van der Waals surface area contributed by atoms with Crippen LogP contribution in [0.5, 0.6) is 0 Å². The van der Waals surface area contributed by atoms with Gasteiger partial charge in [-0.1, -0.05) is 29.8 Å². The topological polar surface area (TPSA) is 12.9 Å². The fourth-order valence-corrected chi connectivity index (χ4v) is 2.46. The fraction of sp³-hybridized carbons (Fsp3) is 0.0625. The molecule has 0 aliphatic carbocycles. The van der Waals surface area contributed by atoms with E-state index in [4.69, 9.17) is 11.6 Å². The van der Waals surface area contributed by atoms with E-state index >= 15 is 0 Å². The lowest BCUT2D eigenvalue weighted by atomic mass is 10.0. The van der Waals surface area contributed by atoms with Crippen LogP contribution >= 0.6 is 11.6 Å². The summed E-state index contributed by atoms with van der Waals surface area (Å²) in [5.41, 5.74) is -0.853. The van der Waals surface area contributed by atoms with Crippen LogP contribution in [0.4, 0.5) is 17.6 Å². The number of pyridine rings is 1. The van der Waals surface area contributed by atoms with Crippen LogP contribution in [0.1, 0.15) is 5.56 Å². The molecule has 0 fully saturated rings. The first-order valence-corrected chi connectivity index (χ1v) is 6.66. The molecule has 112 valence electrons. The number of halogens is 5. The first-order valence-electron chi connectivity index (χ1n) is 6.28. The second kappa shape index (κ2) is 5.25. The van der Waals surface area contributed by atoms with E-state index in [0.717, 1.165) is 12.1 Å². The highest BCUT2D eigenvalue weighted by Gasteiger charge is 2.34.